The van der Waals surface area contributed by atoms with Crippen LogP contribution in [0.2, 0.25) is 0 Å². The monoisotopic (exact) mass is 312 g/mol. The normalized spacial score (nSPS) is 17.7. The number of carbonyl (C=O) groups is 1. The highest BCUT2D eigenvalue weighted by atomic mass is 16.5. The number of esters is 1. The van der Waals surface area contributed by atoms with E-state index >= 15 is 0 Å². The average molecular weight is 312 g/mol. The fraction of sp³-hybridized carbons (Fsp3) is 0.200. The Morgan fingerprint density at radius 1 is 1.26 bits per heavy atom. The number of nitrogen functional groups attached to an aromatic ring is 1. The van der Waals surface area contributed by atoms with Crippen LogP contribution in [0.3, 0.4) is 0 Å². The van der Waals surface area contributed by atoms with Gasteiger partial charge in [-0.25, -0.2) is 9.78 Å². The molecule has 4 rings (SSSR count). The molecule has 1 fully saturated rings. The first kappa shape index (κ1) is 13.5. The zero-order chi connectivity index (χ0) is 16.1. The van der Waals surface area contributed by atoms with Crippen LogP contribution in [0.1, 0.15) is 6.42 Å². The second-order valence-electron chi connectivity index (χ2n) is 5.42. The molecule has 4 N–H and O–H groups in total. The molecular weight excluding hydrogens is 300 g/mol. The highest BCUT2D eigenvalue weighted by Gasteiger charge is 2.31. The Morgan fingerprint density at radius 3 is 2.83 bits per heavy atom. The molecule has 8 heteroatoms. The van der Waals surface area contributed by atoms with Crippen LogP contribution < -0.4 is 21.9 Å². The summed E-state index contributed by atoms with van der Waals surface area (Å²) in [7, 11) is 0. The fourth-order valence-electron chi connectivity index (χ4n) is 2.79. The van der Waals surface area contributed by atoms with E-state index in [4.69, 9.17) is 10.5 Å². The maximum atomic E-state index is 12.0. The van der Waals surface area contributed by atoms with Crippen LogP contribution in [0.4, 0.5) is 11.6 Å². The molecule has 1 atom stereocenters. The third kappa shape index (κ3) is 1.99. The lowest BCUT2D eigenvalue weighted by atomic mass is 9.97. The number of nitrogens with zero attached hydrogens (tertiary/aromatic N) is 1. The van der Waals surface area contributed by atoms with Crippen LogP contribution in [-0.2, 0) is 9.53 Å². The first-order valence-corrected chi connectivity index (χ1v) is 7.06. The third-order valence-electron chi connectivity index (χ3n) is 3.95. The SMILES string of the molecule is Nc1nc2cc(-c3c(NC4CCOC4=O)c(=O)c3=O)ccc2[nH]1. The number of benzene rings is 1. The molecule has 2 heterocycles. The summed E-state index contributed by atoms with van der Waals surface area (Å²) in [5.41, 5.74) is 6.70. The average Bonchev–Trinajstić information content (AvgIpc) is 3.10. The van der Waals surface area contributed by atoms with Crippen molar-refractivity contribution in [1.82, 2.24) is 9.97 Å². The maximum Gasteiger partial charge on any atom is 0.328 e. The number of rotatable bonds is 3. The van der Waals surface area contributed by atoms with Crippen molar-refractivity contribution >= 4 is 28.6 Å². The van der Waals surface area contributed by atoms with E-state index in [2.05, 4.69) is 15.3 Å². The number of imidazole rings is 1. The van der Waals surface area contributed by atoms with Crippen molar-refractivity contribution in [3.63, 3.8) is 0 Å². The lowest BCUT2D eigenvalue weighted by Gasteiger charge is -2.15. The van der Waals surface area contributed by atoms with Gasteiger partial charge in [0, 0.05) is 6.42 Å². The van der Waals surface area contributed by atoms with Gasteiger partial charge in [-0.05, 0) is 17.7 Å². The lowest BCUT2D eigenvalue weighted by molar-refractivity contribution is -0.138. The van der Waals surface area contributed by atoms with Crippen molar-refractivity contribution in [1.29, 1.82) is 0 Å². The van der Waals surface area contributed by atoms with E-state index < -0.39 is 22.9 Å². The first-order valence-electron chi connectivity index (χ1n) is 7.06. The summed E-state index contributed by atoms with van der Waals surface area (Å²) in [5, 5.41) is 2.83. The summed E-state index contributed by atoms with van der Waals surface area (Å²) in [6, 6.07) is 4.52. The van der Waals surface area contributed by atoms with E-state index in [1.54, 1.807) is 18.2 Å². The third-order valence-corrected chi connectivity index (χ3v) is 3.95. The molecule has 3 aromatic rings. The molecule has 8 nitrogen and oxygen atoms in total. The summed E-state index contributed by atoms with van der Waals surface area (Å²) in [4.78, 5) is 42.3. The molecule has 0 aliphatic carbocycles. The van der Waals surface area contributed by atoms with Crippen molar-refractivity contribution in [2.24, 2.45) is 0 Å². The van der Waals surface area contributed by atoms with Gasteiger partial charge in [0.15, 0.2) is 5.95 Å². The Bertz CT molecular complexity index is 1010. The van der Waals surface area contributed by atoms with E-state index in [-0.39, 0.29) is 17.2 Å². The number of cyclic esters (lactones) is 1. The Kier molecular flexibility index (Phi) is 2.74. The number of hydrogen-bond acceptors (Lipinski definition) is 7. The van der Waals surface area contributed by atoms with Crippen LogP contribution >= 0.6 is 0 Å². The Hall–Kier alpha value is -3.16. The lowest BCUT2D eigenvalue weighted by Crippen LogP contribution is -2.39. The van der Waals surface area contributed by atoms with E-state index in [0.717, 1.165) is 5.52 Å². The van der Waals surface area contributed by atoms with Gasteiger partial charge in [0.05, 0.1) is 28.9 Å². The highest BCUT2D eigenvalue weighted by molar-refractivity contribution is 5.90. The van der Waals surface area contributed by atoms with Crippen molar-refractivity contribution in [2.75, 3.05) is 17.7 Å². The van der Waals surface area contributed by atoms with Crippen molar-refractivity contribution in [3.05, 3.63) is 38.6 Å². The quantitative estimate of drug-likeness (QED) is 0.463. The molecule has 1 aliphatic rings. The fourth-order valence-corrected chi connectivity index (χ4v) is 2.79. The standard InChI is InChI=1S/C15H12N4O4/c16-15-18-7-2-1-6(5-9(7)19-15)10-11(13(21)12(10)20)17-8-3-4-23-14(8)22/h1-2,5,8,17H,3-4H2,(H3,16,18,19). The number of anilines is 2. The number of hydrogen-bond donors (Lipinski definition) is 3. The molecule has 1 aromatic heterocycles. The highest BCUT2D eigenvalue weighted by Crippen LogP contribution is 2.28. The van der Waals surface area contributed by atoms with Crippen LogP contribution in [0.5, 0.6) is 0 Å². The number of carbonyl (C=O) groups excluding carboxylic acids is 1. The van der Waals surface area contributed by atoms with Gasteiger partial charge in [0.25, 0.3) is 0 Å². The summed E-state index contributed by atoms with van der Waals surface area (Å²) < 4.78 is 4.85. The Morgan fingerprint density at radius 2 is 2.09 bits per heavy atom. The van der Waals surface area contributed by atoms with E-state index in [0.29, 0.717) is 24.1 Å². The minimum Gasteiger partial charge on any atom is -0.464 e. The molecule has 0 spiro atoms. The van der Waals surface area contributed by atoms with Gasteiger partial charge in [-0.15, -0.1) is 0 Å². The van der Waals surface area contributed by atoms with E-state index in [1.165, 1.54) is 0 Å². The van der Waals surface area contributed by atoms with Crippen molar-refractivity contribution in [2.45, 2.75) is 12.5 Å². The van der Waals surface area contributed by atoms with Crippen LogP contribution in [0.25, 0.3) is 22.2 Å². The summed E-state index contributed by atoms with van der Waals surface area (Å²) >= 11 is 0. The number of aromatic amines is 1. The largest absolute Gasteiger partial charge is 0.464 e. The zero-order valence-corrected chi connectivity index (χ0v) is 11.9. The molecule has 0 saturated carbocycles. The van der Waals surface area contributed by atoms with Crippen LogP contribution in [-0.4, -0.2) is 28.6 Å². The first-order chi connectivity index (χ1) is 11.0. The molecule has 23 heavy (non-hydrogen) atoms. The Balaban J connectivity index is 1.76. The molecule has 2 aromatic carbocycles. The van der Waals surface area contributed by atoms with Gasteiger partial charge in [-0.3, -0.25) is 9.59 Å². The predicted octanol–water partition coefficient (Wildman–Crippen LogP) is 0.135. The second kappa shape index (κ2) is 4.67. The van der Waals surface area contributed by atoms with Gasteiger partial charge in [-0.1, -0.05) is 6.07 Å². The zero-order valence-electron chi connectivity index (χ0n) is 11.9. The smallest absolute Gasteiger partial charge is 0.328 e. The number of nitrogens with two attached hydrogens (primary N) is 1. The number of fused-ring (bicyclic) bond motifs is 1. The summed E-state index contributed by atoms with van der Waals surface area (Å²) in [5.74, 6) is -0.145. The summed E-state index contributed by atoms with van der Waals surface area (Å²) in [6.07, 6.45) is 0.464. The number of nitrogens with one attached hydrogen (secondary N) is 2. The number of ether oxygens (including phenoxy) is 1. The minimum absolute atomic E-state index is 0.154. The molecule has 116 valence electrons. The van der Waals surface area contributed by atoms with Gasteiger partial charge >= 0.3 is 5.97 Å². The molecule has 0 amide bonds. The van der Waals surface area contributed by atoms with Gasteiger partial charge in [0.1, 0.15) is 6.04 Å². The van der Waals surface area contributed by atoms with Crippen LogP contribution in [0, 0.1) is 0 Å². The summed E-state index contributed by atoms with van der Waals surface area (Å²) in [6.45, 7) is 0.305. The number of H-pyrrole nitrogens is 1. The minimum atomic E-state index is -0.624. The van der Waals surface area contributed by atoms with Gasteiger partial charge in [-0.2, -0.15) is 0 Å². The Labute approximate surface area is 129 Å². The molecule has 1 aliphatic heterocycles. The second-order valence-corrected chi connectivity index (χ2v) is 5.42. The molecular formula is C15H12N4O4. The van der Waals surface area contributed by atoms with Crippen LogP contribution in [0.15, 0.2) is 27.8 Å². The van der Waals surface area contributed by atoms with Crippen molar-refractivity contribution in [3.8, 4) is 11.1 Å². The van der Waals surface area contributed by atoms with Gasteiger partial charge in [0.2, 0.25) is 10.9 Å². The maximum absolute atomic E-state index is 12.0. The molecule has 0 bridgehead atoms. The van der Waals surface area contributed by atoms with E-state index in [1.807, 2.05) is 0 Å². The molecule has 1 unspecified atom stereocenters. The van der Waals surface area contributed by atoms with E-state index in [9.17, 15) is 14.4 Å². The van der Waals surface area contributed by atoms with Gasteiger partial charge < -0.3 is 20.8 Å². The van der Waals surface area contributed by atoms with Crippen molar-refractivity contribution < 1.29 is 9.53 Å². The topological polar surface area (TPSA) is 127 Å². The predicted molar refractivity (Wildman–Crippen MR) is 83.8 cm³/mol. The molecule has 1 saturated heterocycles. The molecule has 0 radical (unpaired) electrons. The number of aromatic nitrogens is 2.